The molecule has 4 heteroatoms. The van der Waals surface area contributed by atoms with Crippen molar-refractivity contribution in [1.82, 2.24) is 5.32 Å². The Balaban J connectivity index is 2.82. The fourth-order valence-electron chi connectivity index (χ4n) is 2.23. The van der Waals surface area contributed by atoms with Crippen LogP contribution in [0.25, 0.3) is 0 Å². The van der Waals surface area contributed by atoms with E-state index in [1.165, 1.54) is 5.56 Å². The van der Waals surface area contributed by atoms with E-state index < -0.39 is 12.6 Å². The second-order valence-corrected chi connectivity index (χ2v) is 6.53. The lowest BCUT2D eigenvalue weighted by Gasteiger charge is -2.23. The predicted octanol–water partition coefficient (Wildman–Crippen LogP) is 5.37. The average Bonchev–Trinajstić information content (AvgIpc) is 2.37. The molecule has 0 aromatic heterocycles. The first-order valence-electron chi connectivity index (χ1n) is 7.54. The summed E-state index contributed by atoms with van der Waals surface area (Å²) in [6.07, 6.45) is -3.87. The number of hydrogen-bond acceptors (Lipinski definition) is 1. The monoisotopic (exact) mass is 301 g/mol. The molecule has 1 rings (SSSR count). The number of alkyl halides is 3. The van der Waals surface area contributed by atoms with Crippen molar-refractivity contribution >= 4 is 0 Å². The zero-order chi connectivity index (χ0) is 16.1. The van der Waals surface area contributed by atoms with Gasteiger partial charge in [-0.2, -0.15) is 13.2 Å². The van der Waals surface area contributed by atoms with Crippen molar-refractivity contribution in [2.45, 2.75) is 64.6 Å². The molecule has 1 nitrogen and oxygen atoms in total. The van der Waals surface area contributed by atoms with Crippen molar-refractivity contribution in [3.63, 3.8) is 0 Å². The van der Waals surface area contributed by atoms with Gasteiger partial charge in [-0.25, -0.2) is 0 Å². The smallest absolute Gasteiger partial charge is 0.310 e. The minimum absolute atomic E-state index is 0.0524. The molecule has 0 aliphatic carbocycles. The van der Waals surface area contributed by atoms with Crippen molar-refractivity contribution in [3.05, 3.63) is 35.4 Å². The van der Waals surface area contributed by atoms with Crippen molar-refractivity contribution in [2.75, 3.05) is 6.54 Å². The summed E-state index contributed by atoms with van der Waals surface area (Å²) < 4.78 is 37.3. The normalized spacial score (nSPS) is 14.2. The maximum atomic E-state index is 12.4. The van der Waals surface area contributed by atoms with Gasteiger partial charge in [-0.3, -0.25) is 0 Å². The van der Waals surface area contributed by atoms with Crippen LogP contribution in [-0.2, 0) is 5.41 Å². The van der Waals surface area contributed by atoms with Crippen LogP contribution >= 0.6 is 0 Å². The summed E-state index contributed by atoms with van der Waals surface area (Å²) in [7, 11) is 0. The molecule has 0 spiro atoms. The van der Waals surface area contributed by atoms with Crippen molar-refractivity contribution in [3.8, 4) is 0 Å². The molecular weight excluding hydrogens is 275 g/mol. The number of rotatable bonds is 6. The fourth-order valence-corrected chi connectivity index (χ4v) is 2.23. The van der Waals surface area contributed by atoms with Crippen LogP contribution in [0.15, 0.2) is 24.3 Å². The molecule has 1 N–H and O–H groups in total. The van der Waals surface area contributed by atoms with Crippen molar-refractivity contribution in [2.24, 2.45) is 0 Å². The molecule has 0 aliphatic heterocycles. The van der Waals surface area contributed by atoms with Crippen molar-refractivity contribution in [1.29, 1.82) is 0 Å². The summed E-state index contributed by atoms with van der Waals surface area (Å²) in [6, 6.07) is 7.70. The molecule has 0 saturated carbocycles. The third-order valence-corrected chi connectivity index (χ3v) is 3.54. The molecule has 0 bridgehead atoms. The van der Waals surface area contributed by atoms with Crippen LogP contribution in [0.3, 0.4) is 0 Å². The maximum absolute atomic E-state index is 12.4. The molecule has 0 heterocycles. The van der Waals surface area contributed by atoms with E-state index in [-0.39, 0.29) is 17.9 Å². The highest BCUT2D eigenvalue weighted by molar-refractivity contribution is 5.29. The van der Waals surface area contributed by atoms with Gasteiger partial charge in [-0.05, 0) is 35.9 Å². The van der Waals surface area contributed by atoms with Gasteiger partial charge < -0.3 is 5.32 Å². The first-order valence-corrected chi connectivity index (χ1v) is 7.54. The van der Waals surface area contributed by atoms with Crippen molar-refractivity contribution < 1.29 is 13.2 Å². The highest BCUT2D eigenvalue weighted by Crippen LogP contribution is 2.29. The minimum Gasteiger partial charge on any atom is -0.310 e. The third-order valence-electron chi connectivity index (χ3n) is 3.54. The van der Waals surface area contributed by atoms with Crippen LogP contribution in [0.5, 0.6) is 0 Å². The second kappa shape index (κ2) is 7.30. The van der Waals surface area contributed by atoms with Crippen LogP contribution in [0.2, 0.25) is 0 Å². The van der Waals surface area contributed by atoms with E-state index in [2.05, 4.69) is 26.1 Å². The lowest BCUT2D eigenvalue weighted by molar-refractivity contribution is -0.136. The summed E-state index contributed by atoms with van der Waals surface area (Å²) in [6.45, 7) is 9.11. The van der Waals surface area contributed by atoms with Gasteiger partial charge in [0.2, 0.25) is 0 Å². The first kappa shape index (κ1) is 18.0. The Kier molecular flexibility index (Phi) is 6.26. The topological polar surface area (TPSA) is 12.0 Å². The molecule has 0 radical (unpaired) electrons. The van der Waals surface area contributed by atoms with Gasteiger partial charge >= 0.3 is 6.18 Å². The Morgan fingerprint density at radius 1 is 1.05 bits per heavy atom. The number of halogens is 3. The Morgan fingerprint density at radius 2 is 1.62 bits per heavy atom. The van der Waals surface area contributed by atoms with E-state index in [4.69, 9.17) is 0 Å². The molecule has 0 saturated heterocycles. The molecule has 1 aromatic rings. The first-order chi connectivity index (χ1) is 9.63. The Labute approximate surface area is 125 Å². The molecule has 0 aliphatic rings. The Morgan fingerprint density at radius 3 is 2.05 bits per heavy atom. The molecule has 21 heavy (non-hydrogen) atoms. The van der Waals surface area contributed by atoms with Gasteiger partial charge in [0, 0.05) is 12.5 Å². The van der Waals surface area contributed by atoms with Crippen LogP contribution in [0.4, 0.5) is 13.2 Å². The minimum atomic E-state index is -4.10. The Hall–Kier alpha value is -1.03. The standard InChI is InChI=1S/C17H26F3N/c1-5-12-21-15(10-11-17(18,19)20)13-6-8-14(9-7-13)16(2,3)4/h6-9,15,21H,5,10-12H2,1-4H3. The van der Waals surface area contributed by atoms with Gasteiger partial charge in [0.1, 0.15) is 0 Å². The van der Waals surface area contributed by atoms with E-state index in [1.54, 1.807) is 0 Å². The highest BCUT2D eigenvalue weighted by Gasteiger charge is 2.28. The summed E-state index contributed by atoms with van der Waals surface area (Å²) >= 11 is 0. The highest BCUT2D eigenvalue weighted by atomic mass is 19.4. The summed E-state index contributed by atoms with van der Waals surface area (Å²) in [5.41, 5.74) is 2.17. The molecule has 120 valence electrons. The van der Waals surface area contributed by atoms with E-state index in [0.29, 0.717) is 0 Å². The lowest BCUT2D eigenvalue weighted by Crippen LogP contribution is -2.24. The number of benzene rings is 1. The van der Waals surface area contributed by atoms with Gasteiger partial charge in [0.25, 0.3) is 0 Å². The number of hydrogen-bond donors (Lipinski definition) is 1. The van der Waals surface area contributed by atoms with E-state index in [0.717, 1.165) is 18.5 Å². The average molecular weight is 301 g/mol. The van der Waals surface area contributed by atoms with Crippen LogP contribution < -0.4 is 5.32 Å². The maximum Gasteiger partial charge on any atom is 0.389 e. The van der Waals surface area contributed by atoms with Gasteiger partial charge in [0.05, 0.1) is 0 Å². The molecule has 1 unspecified atom stereocenters. The van der Waals surface area contributed by atoms with Gasteiger partial charge in [-0.15, -0.1) is 0 Å². The van der Waals surface area contributed by atoms with E-state index in [1.807, 2.05) is 31.2 Å². The van der Waals surface area contributed by atoms with Gasteiger partial charge in [0.15, 0.2) is 0 Å². The Bertz CT molecular complexity index is 415. The largest absolute Gasteiger partial charge is 0.389 e. The lowest BCUT2D eigenvalue weighted by atomic mass is 9.86. The van der Waals surface area contributed by atoms with E-state index in [9.17, 15) is 13.2 Å². The fraction of sp³-hybridized carbons (Fsp3) is 0.647. The zero-order valence-corrected chi connectivity index (χ0v) is 13.3. The number of nitrogens with one attached hydrogen (secondary N) is 1. The SMILES string of the molecule is CCCNC(CCC(F)(F)F)c1ccc(C(C)(C)C)cc1. The van der Waals surface area contributed by atoms with Crippen LogP contribution in [0.1, 0.15) is 64.1 Å². The van der Waals surface area contributed by atoms with Gasteiger partial charge in [-0.1, -0.05) is 52.0 Å². The molecule has 0 fully saturated rings. The quantitative estimate of drug-likeness (QED) is 0.745. The third kappa shape index (κ3) is 6.51. The predicted molar refractivity (Wildman–Crippen MR) is 81.5 cm³/mol. The van der Waals surface area contributed by atoms with Crippen LogP contribution in [0, 0.1) is 0 Å². The molecule has 1 atom stereocenters. The molecule has 0 amide bonds. The van der Waals surface area contributed by atoms with E-state index >= 15 is 0 Å². The van der Waals surface area contributed by atoms with Crippen LogP contribution in [-0.4, -0.2) is 12.7 Å². The summed E-state index contributed by atoms with van der Waals surface area (Å²) in [5.74, 6) is 0. The molecule has 1 aromatic carbocycles. The second-order valence-electron chi connectivity index (χ2n) is 6.53. The summed E-state index contributed by atoms with van der Waals surface area (Å²) in [4.78, 5) is 0. The summed E-state index contributed by atoms with van der Waals surface area (Å²) in [5, 5.41) is 3.22. The zero-order valence-electron chi connectivity index (χ0n) is 13.3. The molecular formula is C17H26F3N.